The molecule has 3 nitrogen and oxygen atoms in total. The van der Waals surface area contributed by atoms with Crippen molar-refractivity contribution in [3.63, 3.8) is 0 Å². The van der Waals surface area contributed by atoms with E-state index in [-0.39, 0.29) is 18.3 Å². The highest BCUT2D eigenvalue weighted by Gasteiger charge is 2.71. The zero-order valence-corrected chi connectivity index (χ0v) is 16.6. The zero-order chi connectivity index (χ0) is 21.0. The summed E-state index contributed by atoms with van der Waals surface area (Å²) in [5.41, 5.74) is 0.286. The molecule has 3 aliphatic rings. The number of ether oxygens (including phenoxy) is 1. The number of alkyl halides is 3. The highest BCUT2D eigenvalue weighted by atomic mass is 19.4. The van der Waals surface area contributed by atoms with Gasteiger partial charge in [-0.2, -0.15) is 13.2 Å². The van der Waals surface area contributed by atoms with Gasteiger partial charge in [-0.3, -0.25) is 4.79 Å². The second-order valence-electron chi connectivity index (χ2n) is 9.19. The van der Waals surface area contributed by atoms with Gasteiger partial charge in [0.05, 0.1) is 0 Å². The Morgan fingerprint density at radius 1 is 1.00 bits per heavy atom. The number of nitrogens with zero attached hydrogens (tertiary/aromatic N) is 1. The van der Waals surface area contributed by atoms with Crippen LogP contribution in [0.4, 0.5) is 13.2 Å². The van der Waals surface area contributed by atoms with Gasteiger partial charge in [0, 0.05) is 18.5 Å². The van der Waals surface area contributed by atoms with E-state index in [4.69, 9.17) is 4.74 Å². The van der Waals surface area contributed by atoms with E-state index in [0.717, 1.165) is 24.2 Å². The molecule has 158 valence electrons. The minimum atomic E-state index is -4.42. The van der Waals surface area contributed by atoms with Gasteiger partial charge < -0.3 is 9.64 Å². The van der Waals surface area contributed by atoms with Gasteiger partial charge in [-0.1, -0.05) is 42.5 Å². The monoisotopic (exact) mass is 415 g/mol. The van der Waals surface area contributed by atoms with Gasteiger partial charge in [0.1, 0.15) is 17.8 Å². The molecule has 2 saturated carbocycles. The summed E-state index contributed by atoms with van der Waals surface area (Å²) in [6, 6.07) is 18.1. The van der Waals surface area contributed by atoms with Crippen LogP contribution in [-0.4, -0.2) is 30.1 Å². The van der Waals surface area contributed by atoms with Crippen molar-refractivity contribution in [2.24, 2.45) is 10.8 Å². The number of amides is 1. The summed E-state index contributed by atoms with van der Waals surface area (Å²) in [5.74, 6) is 0.519. The van der Waals surface area contributed by atoms with Crippen molar-refractivity contribution < 1.29 is 22.7 Å². The largest absolute Gasteiger partial charge is 0.489 e. The average Bonchev–Trinajstić information content (AvgIpc) is 3.48. The normalized spacial score (nSPS) is 21.6. The van der Waals surface area contributed by atoms with E-state index >= 15 is 0 Å². The third-order valence-electron chi connectivity index (χ3n) is 7.00. The number of likely N-dealkylation sites (tertiary alicyclic amines) is 1. The molecule has 0 N–H and O–H groups in total. The molecule has 1 saturated heterocycles. The maximum Gasteiger partial charge on any atom is 0.403 e. The molecule has 0 atom stereocenters. The predicted octanol–water partition coefficient (Wildman–Crippen LogP) is 5.31. The standard InChI is InChI=1S/C24H24F3NO2/c25-24(26,27)23(10-11-23)21(29)28-15-22(16-28)12-19(13-22)18-6-8-20(9-7-18)30-14-17-4-2-1-3-5-17/h1-9,19H,10-16H2. The maximum absolute atomic E-state index is 13.2. The Morgan fingerprint density at radius 2 is 1.63 bits per heavy atom. The Morgan fingerprint density at radius 3 is 2.20 bits per heavy atom. The van der Waals surface area contributed by atoms with E-state index in [2.05, 4.69) is 12.1 Å². The van der Waals surface area contributed by atoms with E-state index in [9.17, 15) is 18.0 Å². The van der Waals surface area contributed by atoms with Crippen LogP contribution in [0.5, 0.6) is 5.75 Å². The lowest BCUT2D eigenvalue weighted by Crippen LogP contribution is -2.65. The number of hydrogen-bond acceptors (Lipinski definition) is 2. The molecule has 0 unspecified atom stereocenters. The van der Waals surface area contributed by atoms with Gasteiger partial charge in [0.25, 0.3) is 0 Å². The lowest BCUT2D eigenvalue weighted by Gasteiger charge is -2.59. The highest BCUT2D eigenvalue weighted by Crippen LogP contribution is 2.62. The molecule has 1 heterocycles. The number of halogens is 3. The molecular weight excluding hydrogens is 391 g/mol. The van der Waals surface area contributed by atoms with Gasteiger partial charge >= 0.3 is 6.18 Å². The van der Waals surface area contributed by atoms with Gasteiger partial charge in [-0.15, -0.1) is 0 Å². The number of carbonyl (C=O) groups is 1. The number of rotatable bonds is 5. The molecule has 0 aromatic heterocycles. The van der Waals surface area contributed by atoms with E-state index in [1.165, 1.54) is 10.5 Å². The summed E-state index contributed by atoms with van der Waals surface area (Å²) in [6.45, 7) is 1.47. The minimum Gasteiger partial charge on any atom is -0.489 e. The Kier molecular flexibility index (Phi) is 4.38. The van der Waals surface area contributed by atoms with E-state index in [1.807, 2.05) is 42.5 Å². The summed E-state index contributed by atoms with van der Waals surface area (Å²) < 4.78 is 45.3. The predicted molar refractivity (Wildman–Crippen MR) is 106 cm³/mol. The molecule has 1 spiro atoms. The first kappa shape index (κ1) is 19.5. The molecule has 2 aromatic carbocycles. The quantitative estimate of drug-likeness (QED) is 0.662. The average molecular weight is 415 g/mol. The summed E-state index contributed by atoms with van der Waals surface area (Å²) in [5, 5.41) is 0. The number of hydrogen-bond donors (Lipinski definition) is 0. The molecule has 6 heteroatoms. The summed E-state index contributed by atoms with van der Waals surface area (Å²) in [7, 11) is 0. The molecule has 3 fully saturated rings. The van der Waals surface area contributed by atoms with Crippen molar-refractivity contribution in [2.75, 3.05) is 13.1 Å². The van der Waals surface area contributed by atoms with Crippen LogP contribution in [-0.2, 0) is 11.4 Å². The maximum atomic E-state index is 13.2. The minimum absolute atomic E-state index is 0.0183. The first-order valence-electron chi connectivity index (χ1n) is 10.4. The van der Waals surface area contributed by atoms with Crippen LogP contribution >= 0.6 is 0 Å². The third kappa shape index (κ3) is 3.26. The number of carbonyl (C=O) groups excluding carboxylic acids is 1. The van der Waals surface area contributed by atoms with Crippen LogP contribution in [0, 0.1) is 10.8 Å². The van der Waals surface area contributed by atoms with Gasteiger partial charge in [0.15, 0.2) is 0 Å². The van der Waals surface area contributed by atoms with Crippen LogP contribution in [0.1, 0.15) is 42.7 Å². The zero-order valence-electron chi connectivity index (χ0n) is 16.6. The van der Waals surface area contributed by atoms with Crippen molar-refractivity contribution in [1.82, 2.24) is 4.90 Å². The molecule has 1 amide bonds. The second-order valence-corrected chi connectivity index (χ2v) is 9.19. The molecule has 2 aliphatic carbocycles. The first-order valence-corrected chi connectivity index (χ1v) is 10.4. The van der Waals surface area contributed by atoms with E-state index in [1.54, 1.807) is 0 Å². The molecular formula is C24H24F3NO2. The number of benzene rings is 2. The fourth-order valence-corrected chi connectivity index (χ4v) is 5.01. The molecule has 2 aromatic rings. The highest BCUT2D eigenvalue weighted by molar-refractivity contribution is 5.87. The van der Waals surface area contributed by atoms with Crippen molar-refractivity contribution in [3.8, 4) is 5.75 Å². The SMILES string of the molecule is O=C(N1CC2(CC(c3ccc(OCc4ccccc4)cc3)C2)C1)C1(C(F)(F)F)CC1. The van der Waals surface area contributed by atoms with Crippen LogP contribution < -0.4 is 4.74 Å². The van der Waals surface area contributed by atoms with E-state index in [0.29, 0.717) is 25.6 Å². The smallest absolute Gasteiger partial charge is 0.403 e. The molecule has 1 aliphatic heterocycles. The van der Waals surface area contributed by atoms with Gasteiger partial charge in [0.2, 0.25) is 5.91 Å². The lowest BCUT2D eigenvalue weighted by molar-refractivity contribution is -0.207. The summed E-state index contributed by atoms with van der Waals surface area (Å²) >= 11 is 0. The van der Waals surface area contributed by atoms with Crippen molar-refractivity contribution >= 4 is 5.91 Å². The molecule has 0 bridgehead atoms. The van der Waals surface area contributed by atoms with Crippen molar-refractivity contribution in [2.45, 2.75) is 44.4 Å². The van der Waals surface area contributed by atoms with Crippen LogP contribution in [0.2, 0.25) is 0 Å². The molecule has 30 heavy (non-hydrogen) atoms. The first-order chi connectivity index (χ1) is 14.3. The fraction of sp³-hybridized carbons (Fsp3) is 0.458. The van der Waals surface area contributed by atoms with Gasteiger partial charge in [-0.05, 0) is 54.9 Å². The Labute approximate surface area is 173 Å². The van der Waals surface area contributed by atoms with Crippen LogP contribution in [0.3, 0.4) is 0 Å². The molecule has 5 rings (SSSR count). The van der Waals surface area contributed by atoms with E-state index < -0.39 is 17.5 Å². The van der Waals surface area contributed by atoms with Crippen LogP contribution in [0.25, 0.3) is 0 Å². The lowest BCUT2D eigenvalue weighted by atomic mass is 9.56. The Bertz CT molecular complexity index is 921. The second kappa shape index (κ2) is 6.76. The summed E-state index contributed by atoms with van der Waals surface area (Å²) in [4.78, 5) is 13.8. The van der Waals surface area contributed by atoms with Crippen molar-refractivity contribution in [1.29, 1.82) is 0 Å². The van der Waals surface area contributed by atoms with Crippen LogP contribution in [0.15, 0.2) is 54.6 Å². The van der Waals surface area contributed by atoms with Gasteiger partial charge in [-0.25, -0.2) is 0 Å². The van der Waals surface area contributed by atoms with Crippen molar-refractivity contribution in [3.05, 3.63) is 65.7 Å². The summed E-state index contributed by atoms with van der Waals surface area (Å²) in [6.07, 6.45) is -2.67. The Hall–Kier alpha value is -2.50. The Balaban J connectivity index is 1.11. The molecule has 0 radical (unpaired) electrons. The fourth-order valence-electron chi connectivity index (χ4n) is 5.01. The topological polar surface area (TPSA) is 29.5 Å². The third-order valence-corrected chi connectivity index (χ3v) is 7.00.